The molecule has 1 unspecified atom stereocenters. The van der Waals surface area contributed by atoms with E-state index in [1.807, 2.05) is 13.8 Å². The maximum absolute atomic E-state index is 14.0. The Morgan fingerprint density at radius 2 is 2.12 bits per heavy atom. The summed E-state index contributed by atoms with van der Waals surface area (Å²) in [5.41, 5.74) is 0.762. The average Bonchev–Trinajstić information content (AvgIpc) is 2.52. The molecule has 0 radical (unpaired) electrons. The quantitative estimate of drug-likeness (QED) is 0.456. The van der Waals surface area contributed by atoms with E-state index in [-0.39, 0.29) is 22.5 Å². The number of hydrogen-bond donors (Lipinski definition) is 1. The molecule has 0 bridgehead atoms. The number of anilines is 1. The maximum Gasteiger partial charge on any atom is 0.224 e. The lowest BCUT2D eigenvalue weighted by Gasteiger charge is -2.13. The van der Waals surface area contributed by atoms with Crippen LogP contribution in [-0.4, -0.2) is 17.6 Å². The van der Waals surface area contributed by atoms with Gasteiger partial charge in [0, 0.05) is 17.9 Å². The number of rotatable bonds is 9. The molecular formula is C18H25ClFNO2S. The van der Waals surface area contributed by atoms with Gasteiger partial charge in [-0.1, -0.05) is 45.2 Å². The van der Waals surface area contributed by atoms with E-state index >= 15 is 0 Å². The number of carbonyl (C=O) groups is 1. The van der Waals surface area contributed by atoms with Crippen LogP contribution in [0.25, 0.3) is 0 Å². The van der Waals surface area contributed by atoms with E-state index in [2.05, 4.69) is 12.2 Å². The average molecular weight is 374 g/mol. The van der Waals surface area contributed by atoms with E-state index in [1.165, 1.54) is 12.1 Å². The highest BCUT2D eigenvalue weighted by molar-refractivity contribution is 7.80. The minimum Gasteiger partial charge on any atom is -0.487 e. The highest BCUT2D eigenvalue weighted by Crippen LogP contribution is 2.25. The van der Waals surface area contributed by atoms with Gasteiger partial charge in [0.1, 0.15) is 5.82 Å². The van der Waals surface area contributed by atoms with Crippen LogP contribution in [0.4, 0.5) is 10.1 Å². The van der Waals surface area contributed by atoms with Crippen molar-refractivity contribution in [3.05, 3.63) is 28.5 Å². The Morgan fingerprint density at radius 3 is 2.75 bits per heavy atom. The van der Waals surface area contributed by atoms with E-state index < -0.39 is 5.82 Å². The summed E-state index contributed by atoms with van der Waals surface area (Å²) in [6.07, 6.45) is 3.50. The normalized spacial score (nSPS) is 11.9. The Bertz CT molecular complexity index is 580. The fourth-order valence-corrected chi connectivity index (χ4v) is 2.48. The summed E-state index contributed by atoms with van der Waals surface area (Å²) < 4.78 is 19.5. The number of amides is 1. The van der Waals surface area contributed by atoms with Gasteiger partial charge in [-0.05, 0) is 42.3 Å². The molecule has 1 rings (SSSR count). The van der Waals surface area contributed by atoms with Gasteiger partial charge in [-0.2, -0.15) is 0 Å². The fourth-order valence-electron chi connectivity index (χ4n) is 2.02. The van der Waals surface area contributed by atoms with Crippen LogP contribution >= 0.6 is 23.8 Å². The van der Waals surface area contributed by atoms with Crippen LogP contribution in [0.3, 0.4) is 0 Å². The first-order chi connectivity index (χ1) is 11.4. The van der Waals surface area contributed by atoms with Crippen molar-refractivity contribution in [2.45, 2.75) is 52.9 Å². The number of ether oxygens (including phenoxy) is 1. The van der Waals surface area contributed by atoms with Crippen LogP contribution in [-0.2, 0) is 16.0 Å². The van der Waals surface area contributed by atoms with Crippen LogP contribution in [0, 0.1) is 11.7 Å². The van der Waals surface area contributed by atoms with Gasteiger partial charge in [0.2, 0.25) is 5.91 Å². The Morgan fingerprint density at radius 1 is 1.42 bits per heavy atom. The molecule has 1 atom stereocenters. The molecule has 24 heavy (non-hydrogen) atoms. The first-order valence-electron chi connectivity index (χ1n) is 8.30. The molecule has 3 nitrogen and oxygen atoms in total. The zero-order valence-electron chi connectivity index (χ0n) is 14.5. The molecule has 0 aliphatic rings. The van der Waals surface area contributed by atoms with E-state index in [9.17, 15) is 9.18 Å². The molecule has 0 heterocycles. The third kappa shape index (κ3) is 7.14. The Kier molecular flexibility index (Phi) is 9.22. The first kappa shape index (κ1) is 20.8. The predicted molar refractivity (Wildman–Crippen MR) is 101 cm³/mol. The molecule has 0 aromatic heterocycles. The lowest BCUT2D eigenvalue weighted by atomic mass is 10.0. The van der Waals surface area contributed by atoms with Gasteiger partial charge in [-0.25, -0.2) is 4.39 Å². The summed E-state index contributed by atoms with van der Waals surface area (Å²) >= 11 is 11.3. The number of carbonyl (C=O) groups excluding carboxylic acids is 1. The van der Waals surface area contributed by atoms with E-state index in [4.69, 9.17) is 28.6 Å². The standard InChI is InChI=1S/C18H25ClFNO2S/c1-4-6-7-23-18(24)10-13-9-16(15(20)11-14(13)19)21-17(22)8-12(3)5-2/h9,11-12H,4-8,10H2,1-3H3,(H,21,22). The molecule has 134 valence electrons. The maximum atomic E-state index is 14.0. The zero-order chi connectivity index (χ0) is 18.1. The number of hydrogen-bond acceptors (Lipinski definition) is 3. The number of thiocarbonyl (C=S) groups is 1. The molecule has 1 N–H and O–H groups in total. The fraction of sp³-hybridized carbons (Fsp3) is 0.556. The smallest absolute Gasteiger partial charge is 0.224 e. The molecule has 1 aromatic rings. The number of benzene rings is 1. The summed E-state index contributed by atoms with van der Waals surface area (Å²) in [5.74, 6) is -0.517. The van der Waals surface area contributed by atoms with Gasteiger partial charge in [-0.15, -0.1) is 0 Å². The molecular weight excluding hydrogens is 349 g/mol. The summed E-state index contributed by atoms with van der Waals surface area (Å²) in [5, 5.41) is 3.29. The summed E-state index contributed by atoms with van der Waals surface area (Å²) in [6.45, 7) is 6.62. The van der Waals surface area contributed by atoms with Crippen molar-refractivity contribution in [1.82, 2.24) is 0 Å². The first-order valence-corrected chi connectivity index (χ1v) is 9.09. The van der Waals surface area contributed by atoms with E-state index in [0.717, 1.165) is 19.3 Å². The molecule has 0 saturated heterocycles. The molecule has 0 spiro atoms. The van der Waals surface area contributed by atoms with Crippen LogP contribution in [0.2, 0.25) is 5.02 Å². The van der Waals surface area contributed by atoms with Gasteiger partial charge < -0.3 is 10.1 Å². The van der Waals surface area contributed by atoms with Crippen molar-refractivity contribution in [2.24, 2.45) is 5.92 Å². The van der Waals surface area contributed by atoms with Gasteiger partial charge in [0.25, 0.3) is 0 Å². The second-order valence-electron chi connectivity index (χ2n) is 5.94. The molecule has 6 heteroatoms. The number of halogens is 2. The summed E-state index contributed by atoms with van der Waals surface area (Å²) in [6, 6.07) is 2.73. The van der Waals surface area contributed by atoms with Gasteiger partial charge in [-0.3, -0.25) is 4.79 Å². The van der Waals surface area contributed by atoms with Crippen LogP contribution in [0.5, 0.6) is 0 Å². The molecule has 1 amide bonds. The second-order valence-corrected chi connectivity index (χ2v) is 6.80. The second kappa shape index (κ2) is 10.6. The van der Waals surface area contributed by atoms with Crippen LogP contribution in [0.1, 0.15) is 52.0 Å². The minimum atomic E-state index is -0.556. The molecule has 1 aromatic carbocycles. The van der Waals surface area contributed by atoms with Crippen molar-refractivity contribution in [2.75, 3.05) is 11.9 Å². The summed E-state index contributed by atoms with van der Waals surface area (Å²) in [7, 11) is 0. The third-order valence-corrected chi connectivity index (χ3v) is 4.35. The number of nitrogens with one attached hydrogen (secondary N) is 1. The van der Waals surface area contributed by atoms with Crippen molar-refractivity contribution in [1.29, 1.82) is 0 Å². The molecule has 0 fully saturated rings. The van der Waals surface area contributed by atoms with E-state index in [1.54, 1.807) is 0 Å². The zero-order valence-corrected chi connectivity index (χ0v) is 16.0. The monoisotopic (exact) mass is 373 g/mol. The van der Waals surface area contributed by atoms with Gasteiger partial charge in [0.15, 0.2) is 5.05 Å². The van der Waals surface area contributed by atoms with Crippen LogP contribution in [0.15, 0.2) is 12.1 Å². The van der Waals surface area contributed by atoms with Crippen molar-refractivity contribution in [3.63, 3.8) is 0 Å². The SMILES string of the molecule is CCCCOC(=S)Cc1cc(NC(=O)CC(C)CC)c(F)cc1Cl. The van der Waals surface area contributed by atoms with Crippen LogP contribution < -0.4 is 5.32 Å². The lowest BCUT2D eigenvalue weighted by Crippen LogP contribution is -2.16. The van der Waals surface area contributed by atoms with Gasteiger partial charge >= 0.3 is 0 Å². The highest BCUT2D eigenvalue weighted by atomic mass is 35.5. The topological polar surface area (TPSA) is 38.3 Å². The van der Waals surface area contributed by atoms with E-state index in [0.29, 0.717) is 30.1 Å². The highest BCUT2D eigenvalue weighted by Gasteiger charge is 2.14. The number of unbranched alkanes of at least 4 members (excludes halogenated alkanes) is 1. The van der Waals surface area contributed by atoms with Crippen molar-refractivity contribution in [3.8, 4) is 0 Å². The largest absolute Gasteiger partial charge is 0.487 e. The van der Waals surface area contributed by atoms with Crippen molar-refractivity contribution >= 4 is 40.5 Å². The van der Waals surface area contributed by atoms with Gasteiger partial charge in [0.05, 0.1) is 12.3 Å². The Hall–Kier alpha value is -1.20. The molecule has 0 saturated carbocycles. The predicted octanol–water partition coefficient (Wildman–Crippen LogP) is 5.54. The molecule has 0 aliphatic heterocycles. The summed E-state index contributed by atoms with van der Waals surface area (Å²) in [4.78, 5) is 12.0. The Labute approximate surface area is 153 Å². The minimum absolute atomic E-state index is 0.124. The Balaban J connectivity index is 2.77. The van der Waals surface area contributed by atoms with Crippen molar-refractivity contribution < 1.29 is 13.9 Å². The lowest BCUT2D eigenvalue weighted by molar-refractivity contribution is -0.117. The molecule has 0 aliphatic carbocycles. The third-order valence-electron chi connectivity index (χ3n) is 3.74.